The van der Waals surface area contributed by atoms with Crippen LogP contribution in [-0.2, 0) is 0 Å². The van der Waals surface area contributed by atoms with E-state index in [1.165, 1.54) is 4.68 Å². The van der Waals surface area contributed by atoms with E-state index in [2.05, 4.69) is 20.4 Å². The average Bonchev–Trinajstić information content (AvgIpc) is 3.35. The molecule has 4 aromatic rings. The number of H-pyrrole nitrogens is 1. The first-order valence-electron chi connectivity index (χ1n) is 7.17. The molecule has 3 heterocycles. The minimum atomic E-state index is 0.383. The Hall–Kier alpha value is -3.26. The van der Waals surface area contributed by atoms with Crippen molar-refractivity contribution in [1.82, 2.24) is 24.7 Å². The predicted octanol–water partition coefficient (Wildman–Crippen LogP) is 3.27. The van der Waals surface area contributed by atoms with Crippen molar-refractivity contribution in [3.05, 3.63) is 71.5 Å². The Labute approximate surface area is 141 Å². The number of nitrogens with one attached hydrogen (secondary N) is 1. The van der Waals surface area contributed by atoms with E-state index in [1.54, 1.807) is 35.5 Å². The Bertz CT molecular complexity index is 1030. The Kier molecular flexibility index (Phi) is 3.64. The Morgan fingerprint density at radius 2 is 2.04 bits per heavy atom. The molecule has 0 saturated heterocycles. The highest BCUT2D eigenvalue weighted by atomic mass is 32.1. The van der Waals surface area contributed by atoms with E-state index >= 15 is 0 Å². The van der Waals surface area contributed by atoms with Crippen LogP contribution in [0.1, 0.15) is 5.56 Å². The SMILES string of the molecule is S=c1[nH]nc(-c2ccco2)n1/N=C\c1cnn(-c2ccccc2)c1. The molecule has 0 amide bonds. The number of hydrogen-bond donors (Lipinski definition) is 1. The van der Waals surface area contributed by atoms with Crippen LogP contribution in [0.2, 0.25) is 0 Å². The lowest BCUT2D eigenvalue weighted by molar-refractivity contribution is 0.573. The van der Waals surface area contributed by atoms with Gasteiger partial charge < -0.3 is 4.42 Å². The van der Waals surface area contributed by atoms with Crippen molar-refractivity contribution in [2.24, 2.45) is 5.10 Å². The molecule has 118 valence electrons. The van der Waals surface area contributed by atoms with Crippen LogP contribution < -0.4 is 0 Å². The molecule has 8 heteroatoms. The molecular formula is C16H12N6OS. The lowest BCUT2D eigenvalue weighted by atomic mass is 10.3. The standard InChI is InChI=1S/C16H12N6OS/c24-16-20-19-15(14-7-4-8-23-14)22(16)18-10-12-9-17-21(11-12)13-5-2-1-3-6-13/h1-11H,(H,20,24)/b18-10-. The van der Waals surface area contributed by atoms with Gasteiger partial charge in [-0.1, -0.05) is 18.2 Å². The minimum Gasteiger partial charge on any atom is -0.461 e. The molecule has 0 aliphatic carbocycles. The molecule has 7 nitrogen and oxygen atoms in total. The second-order valence-corrected chi connectivity index (χ2v) is 5.33. The molecular weight excluding hydrogens is 324 g/mol. The van der Waals surface area contributed by atoms with Crippen molar-refractivity contribution in [1.29, 1.82) is 0 Å². The number of aromatic nitrogens is 5. The van der Waals surface area contributed by atoms with E-state index in [0.29, 0.717) is 16.4 Å². The number of rotatable bonds is 4. The third-order valence-electron chi connectivity index (χ3n) is 3.34. The second-order valence-electron chi connectivity index (χ2n) is 4.94. The molecule has 0 aliphatic heterocycles. The van der Waals surface area contributed by atoms with Crippen LogP contribution >= 0.6 is 12.2 Å². The van der Waals surface area contributed by atoms with Crippen LogP contribution in [0.5, 0.6) is 0 Å². The van der Waals surface area contributed by atoms with E-state index < -0.39 is 0 Å². The monoisotopic (exact) mass is 336 g/mol. The van der Waals surface area contributed by atoms with Crippen molar-refractivity contribution in [2.75, 3.05) is 0 Å². The molecule has 0 unspecified atom stereocenters. The Morgan fingerprint density at radius 3 is 2.83 bits per heavy atom. The Balaban J connectivity index is 1.64. The lowest BCUT2D eigenvalue weighted by Crippen LogP contribution is -1.94. The quantitative estimate of drug-likeness (QED) is 0.458. The number of benzene rings is 1. The minimum absolute atomic E-state index is 0.383. The summed E-state index contributed by atoms with van der Waals surface area (Å²) >= 11 is 5.21. The van der Waals surface area contributed by atoms with Gasteiger partial charge in [0.1, 0.15) is 0 Å². The lowest BCUT2D eigenvalue weighted by Gasteiger charge is -1.98. The number of hydrogen-bond acceptors (Lipinski definition) is 5. The summed E-state index contributed by atoms with van der Waals surface area (Å²) in [6, 6.07) is 13.4. The van der Waals surface area contributed by atoms with Gasteiger partial charge in [0.2, 0.25) is 10.6 Å². The van der Waals surface area contributed by atoms with Crippen molar-refractivity contribution in [3.8, 4) is 17.3 Å². The maximum Gasteiger partial charge on any atom is 0.219 e. The van der Waals surface area contributed by atoms with E-state index in [9.17, 15) is 0 Å². The molecule has 0 spiro atoms. The highest BCUT2D eigenvalue weighted by Gasteiger charge is 2.10. The van der Waals surface area contributed by atoms with Crippen LogP contribution in [0.3, 0.4) is 0 Å². The molecule has 3 aromatic heterocycles. The van der Waals surface area contributed by atoms with Gasteiger partial charge in [-0.25, -0.2) is 9.78 Å². The molecule has 1 N–H and O–H groups in total. The number of aromatic amines is 1. The molecule has 1 aromatic carbocycles. The van der Waals surface area contributed by atoms with Gasteiger partial charge in [0.25, 0.3) is 0 Å². The van der Waals surface area contributed by atoms with Crippen molar-refractivity contribution in [2.45, 2.75) is 0 Å². The van der Waals surface area contributed by atoms with Gasteiger partial charge in [0.05, 0.1) is 24.4 Å². The second kappa shape index (κ2) is 6.09. The summed E-state index contributed by atoms with van der Waals surface area (Å²) in [6.45, 7) is 0. The van der Waals surface area contributed by atoms with Gasteiger partial charge in [-0.05, 0) is 36.5 Å². The van der Waals surface area contributed by atoms with Gasteiger partial charge in [-0.2, -0.15) is 14.9 Å². The summed E-state index contributed by atoms with van der Waals surface area (Å²) in [7, 11) is 0. The van der Waals surface area contributed by atoms with Crippen molar-refractivity contribution in [3.63, 3.8) is 0 Å². The third kappa shape index (κ3) is 2.70. The van der Waals surface area contributed by atoms with Crippen molar-refractivity contribution < 1.29 is 4.42 Å². The Morgan fingerprint density at radius 1 is 1.17 bits per heavy atom. The van der Waals surface area contributed by atoms with E-state index in [4.69, 9.17) is 16.6 Å². The molecule has 0 fully saturated rings. The van der Waals surface area contributed by atoms with Gasteiger partial charge in [-0.15, -0.1) is 5.10 Å². The fraction of sp³-hybridized carbons (Fsp3) is 0. The fourth-order valence-corrected chi connectivity index (χ4v) is 2.39. The van der Waals surface area contributed by atoms with Crippen LogP contribution in [0, 0.1) is 4.77 Å². The highest BCUT2D eigenvalue weighted by Crippen LogP contribution is 2.17. The maximum atomic E-state index is 5.35. The zero-order valence-corrected chi connectivity index (χ0v) is 13.2. The average molecular weight is 336 g/mol. The largest absolute Gasteiger partial charge is 0.461 e. The van der Waals surface area contributed by atoms with E-state index in [0.717, 1.165) is 11.3 Å². The zero-order valence-electron chi connectivity index (χ0n) is 12.4. The van der Waals surface area contributed by atoms with E-state index in [1.807, 2.05) is 36.5 Å². The number of furan rings is 1. The van der Waals surface area contributed by atoms with Crippen LogP contribution in [-0.4, -0.2) is 30.9 Å². The topological polar surface area (TPSA) is 76.9 Å². The highest BCUT2D eigenvalue weighted by molar-refractivity contribution is 7.71. The molecule has 0 atom stereocenters. The smallest absolute Gasteiger partial charge is 0.219 e. The number of nitrogens with zero attached hydrogens (tertiary/aromatic N) is 5. The van der Waals surface area contributed by atoms with Crippen LogP contribution in [0.4, 0.5) is 0 Å². The fourth-order valence-electron chi connectivity index (χ4n) is 2.21. The first kappa shape index (κ1) is 14.3. The summed E-state index contributed by atoms with van der Waals surface area (Å²) in [5.41, 5.74) is 1.82. The molecule has 24 heavy (non-hydrogen) atoms. The predicted molar refractivity (Wildman–Crippen MR) is 91.7 cm³/mol. The summed E-state index contributed by atoms with van der Waals surface area (Å²) < 4.78 is 9.02. The maximum absolute atomic E-state index is 5.35. The van der Waals surface area contributed by atoms with Crippen molar-refractivity contribution >= 4 is 18.4 Å². The first-order valence-corrected chi connectivity index (χ1v) is 7.58. The van der Waals surface area contributed by atoms with Gasteiger partial charge in [0.15, 0.2) is 5.76 Å². The summed E-state index contributed by atoms with van der Waals surface area (Å²) in [4.78, 5) is 0. The molecule has 0 aliphatic rings. The summed E-state index contributed by atoms with van der Waals surface area (Å²) in [5, 5.41) is 15.6. The van der Waals surface area contributed by atoms with Gasteiger partial charge in [0, 0.05) is 11.8 Å². The van der Waals surface area contributed by atoms with Crippen LogP contribution in [0.15, 0.2) is 70.6 Å². The van der Waals surface area contributed by atoms with Crippen LogP contribution in [0.25, 0.3) is 17.3 Å². The molecule has 4 rings (SSSR count). The molecule has 0 saturated carbocycles. The summed E-state index contributed by atoms with van der Waals surface area (Å²) in [5.74, 6) is 1.09. The summed E-state index contributed by atoms with van der Waals surface area (Å²) in [6.07, 6.45) is 6.86. The number of para-hydroxylation sites is 1. The van der Waals surface area contributed by atoms with Gasteiger partial charge in [-0.3, -0.25) is 0 Å². The normalized spacial score (nSPS) is 11.3. The zero-order chi connectivity index (χ0) is 16.4. The van der Waals surface area contributed by atoms with E-state index in [-0.39, 0.29) is 0 Å². The first-order chi connectivity index (χ1) is 11.8. The third-order valence-corrected chi connectivity index (χ3v) is 3.60. The molecule has 0 radical (unpaired) electrons. The molecule has 0 bridgehead atoms. The van der Waals surface area contributed by atoms with Gasteiger partial charge >= 0.3 is 0 Å².